The van der Waals surface area contributed by atoms with E-state index in [2.05, 4.69) is 32.6 Å². The molecule has 1 aromatic rings. The molecule has 1 heteroatoms. The van der Waals surface area contributed by atoms with Crippen LogP contribution in [0.25, 0.3) is 0 Å². The molecular formula is C12H17N. The van der Waals surface area contributed by atoms with Gasteiger partial charge in [0.2, 0.25) is 0 Å². The zero-order valence-corrected chi connectivity index (χ0v) is 8.43. The number of allylic oxidation sites excluding steroid dienone is 1. The lowest BCUT2D eigenvalue weighted by molar-refractivity contribution is 1.11. The molecule has 0 aliphatic carbocycles. The van der Waals surface area contributed by atoms with E-state index in [1.54, 1.807) is 0 Å². The average molecular weight is 175 g/mol. The molecule has 2 N–H and O–H groups in total. The Morgan fingerprint density at radius 3 is 2.69 bits per heavy atom. The minimum Gasteiger partial charge on any atom is -0.398 e. The average Bonchev–Trinajstić information content (AvgIpc) is 2.11. The molecule has 0 bridgehead atoms. The van der Waals surface area contributed by atoms with Crippen molar-refractivity contribution < 1.29 is 0 Å². The van der Waals surface area contributed by atoms with Gasteiger partial charge in [-0.15, -0.1) is 6.58 Å². The molecule has 0 radical (unpaired) electrons. The Bertz CT molecular complexity index is 313. The molecule has 0 aromatic heterocycles. The summed E-state index contributed by atoms with van der Waals surface area (Å²) >= 11 is 0. The van der Waals surface area contributed by atoms with Gasteiger partial charge in [-0.05, 0) is 36.5 Å². The van der Waals surface area contributed by atoms with Gasteiger partial charge in [-0.2, -0.15) is 0 Å². The first-order valence-corrected chi connectivity index (χ1v) is 4.67. The van der Waals surface area contributed by atoms with Crippen molar-refractivity contribution in [1.82, 2.24) is 0 Å². The molecule has 0 aliphatic heterocycles. The quantitative estimate of drug-likeness (QED) is 0.555. The van der Waals surface area contributed by atoms with Gasteiger partial charge in [0, 0.05) is 5.69 Å². The van der Waals surface area contributed by atoms with Crippen molar-refractivity contribution in [1.29, 1.82) is 0 Å². The van der Waals surface area contributed by atoms with Crippen LogP contribution in [0.2, 0.25) is 0 Å². The van der Waals surface area contributed by atoms with Gasteiger partial charge in [-0.1, -0.05) is 25.1 Å². The number of anilines is 1. The van der Waals surface area contributed by atoms with Gasteiger partial charge >= 0.3 is 0 Å². The van der Waals surface area contributed by atoms with Gasteiger partial charge in [-0.25, -0.2) is 0 Å². The van der Waals surface area contributed by atoms with Crippen molar-refractivity contribution in [3.63, 3.8) is 0 Å². The van der Waals surface area contributed by atoms with E-state index in [9.17, 15) is 0 Å². The summed E-state index contributed by atoms with van der Waals surface area (Å²) in [6, 6.07) is 4.31. The van der Waals surface area contributed by atoms with E-state index in [0.29, 0.717) is 0 Å². The van der Waals surface area contributed by atoms with Gasteiger partial charge in [0.05, 0.1) is 0 Å². The number of nitrogens with two attached hydrogens (primary N) is 1. The van der Waals surface area contributed by atoms with Gasteiger partial charge in [0.1, 0.15) is 0 Å². The third kappa shape index (κ3) is 2.11. The molecular weight excluding hydrogens is 158 g/mol. The maximum absolute atomic E-state index is 5.93. The minimum absolute atomic E-state index is 0.925. The number of aryl methyl sites for hydroxylation is 2. The summed E-state index contributed by atoms with van der Waals surface area (Å²) in [5.74, 6) is 0. The van der Waals surface area contributed by atoms with E-state index >= 15 is 0 Å². The van der Waals surface area contributed by atoms with E-state index in [0.717, 1.165) is 18.5 Å². The van der Waals surface area contributed by atoms with Crippen LogP contribution >= 0.6 is 0 Å². The van der Waals surface area contributed by atoms with Crippen molar-refractivity contribution in [2.75, 3.05) is 5.73 Å². The summed E-state index contributed by atoms with van der Waals surface area (Å²) in [7, 11) is 0. The summed E-state index contributed by atoms with van der Waals surface area (Å²) in [4.78, 5) is 0. The second-order valence-corrected chi connectivity index (χ2v) is 3.33. The van der Waals surface area contributed by atoms with Gasteiger partial charge in [-0.3, -0.25) is 0 Å². The monoisotopic (exact) mass is 175 g/mol. The summed E-state index contributed by atoms with van der Waals surface area (Å²) in [5.41, 5.74) is 10.6. The molecule has 0 unspecified atom stereocenters. The van der Waals surface area contributed by atoms with Crippen molar-refractivity contribution in [2.24, 2.45) is 0 Å². The summed E-state index contributed by atoms with van der Waals surface area (Å²) in [6.45, 7) is 7.92. The predicted molar refractivity (Wildman–Crippen MR) is 58.9 cm³/mol. The lowest BCUT2D eigenvalue weighted by Gasteiger charge is -2.09. The van der Waals surface area contributed by atoms with E-state index in [4.69, 9.17) is 5.73 Å². The molecule has 0 spiro atoms. The molecule has 0 fully saturated rings. The maximum Gasteiger partial charge on any atom is 0.0376 e. The predicted octanol–water partition coefficient (Wildman–Crippen LogP) is 2.87. The minimum atomic E-state index is 0.925. The Labute approximate surface area is 80.3 Å². The summed E-state index contributed by atoms with van der Waals surface area (Å²) in [5, 5.41) is 0. The Kier molecular flexibility index (Phi) is 3.13. The van der Waals surface area contributed by atoms with Gasteiger partial charge in [0.25, 0.3) is 0 Å². The molecule has 1 nitrogen and oxygen atoms in total. The number of hydrogen-bond acceptors (Lipinski definition) is 1. The Balaban J connectivity index is 3.13. The standard InChI is InChI=1S/C12H17N/c1-4-6-10-7-9(3)12(13)11(5-2)8-10/h4,7-8H,1,5-6,13H2,2-3H3. The fourth-order valence-electron chi connectivity index (χ4n) is 1.53. The molecule has 1 rings (SSSR count). The molecule has 0 saturated heterocycles. The van der Waals surface area contributed by atoms with Crippen LogP contribution < -0.4 is 5.73 Å². The Hall–Kier alpha value is -1.24. The fourth-order valence-corrected chi connectivity index (χ4v) is 1.53. The Morgan fingerprint density at radius 1 is 1.46 bits per heavy atom. The third-order valence-corrected chi connectivity index (χ3v) is 2.29. The zero-order valence-electron chi connectivity index (χ0n) is 8.43. The van der Waals surface area contributed by atoms with Crippen LogP contribution in [0.1, 0.15) is 23.6 Å². The molecule has 13 heavy (non-hydrogen) atoms. The first-order chi connectivity index (χ1) is 6.19. The second-order valence-electron chi connectivity index (χ2n) is 3.33. The van der Waals surface area contributed by atoms with Crippen LogP contribution in [0.3, 0.4) is 0 Å². The second kappa shape index (κ2) is 4.13. The summed E-state index contributed by atoms with van der Waals surface area (Å²) in [6.07, 6.45) is 3.84. The van der Waals surface area contributed by atoms with Crippen LogP contribution in [0.15, 0.2) is 24.8 Å². The highest BCUT2D eigenvalue weighted by molar-refractivity contribution is 5.55. The molecule has 0 amide bonds. The number of hydrogen-bond donors (Lipinski definition) is 1. The van der Waals surface area contributed by atoms with Crippen molar-refractivity contribution in [3.05, 3.63) is 41.5 Å². The first-order valence-electron chi connectivity index (χ1n) is 4.67. The van der Waals surface area contributed by atoms with E-state index in [1.165, 1.54) is 16.7 Å². The molecule has 1 aromatic carbocycles. The SMILES string of the molecule is C=CCc1cc(C)c(N)c(CC)c1. The van der Waals surface area contributed by atoms with Crippen LogP contribution in [0.5, 0.6) is 0 Å². The number of rotatable bonds is 3. The first kappa shape index (κ1) is 9.85. The highest BCUT2D eigenvalue weighted by Gasteiger charge is 2.02. The van der Waals surface area contributed by atoms with Gasteiger partial charge in [0.15, 0.2) is 0 Å². The normalized spacial score (nSPS) is 10.0. The third-order valence-electron chi connectivity index (χ3n) is 2.29. The molecule has 70 valence electrons. The highest BCUT2D eigenvalue weighted by atomic mass is 14.6. The van der Waals surface area contributed by atoms with Crippen molar-refractivity contribution in [2.45, 2.75) is 26.7 Å². The lowest BCUT2D eigenvalue weighted by atomic mass is 10.0. The van der Waals surface area contributed by atoms with Crippen molar-refractivity contribution in [3.8, 4) is 0 Å². The van der Waals surface area contributed by atoms with Crippen LogP contribution in [-0.4, -0.2) is 0 Å². The van der Waals surface area contributed by atoms with E-state index in [-0.39, 0.29) is 0 Å². The highest BCUT2D eigenvalue weighted by Crippen LogP contribution is 2.20. The van der Waals surface area contributed by atoms with Crippen molar-refractivity contribution >= 4 is 5.69 Å². The summed E-state index contributed by atoms with van der Waals surface area (Å²) < 4.78 is 0. The fraction of sp³-hybridized carbons (Fsp3) is 0.333. The molecule has 0 heterocycles. The molecule has 0 saturated carbocycles. The van der Waals surface area contributed by atoms with E-state index in [1.807, 2.05) is 6.08 Å². The molecule has 0 atom stereocenters. The number of benzene rings is 1. The topological polar surface area (TPSA) is 26.0 Å². The largest absolute Gasteiger partial charge is 0.398 e. The van der Waals surface area contributed by atoms with Crippen LogP contribution in [0, 0.1) is 6.92 Å². The zero-order chi connectivity index (χ0) is 9.84. The molecule has 0 aliphatic rings. The van der Waals surface area contributed by atoms with E-state index < -0.39 is 0 Å². The number of nitrogen functional groups attached to an aromatic ring is 1. The van der Waals surface area contributed by atoms with Crippen LogP contribution in [-0.2, 0) is 12.8 Å². The Morgan fingerprint density at radius 2 is 2.15 bits per heavy atom. The van der Waals surface area contributed by atoms with Crippen LogP contribution in [0.4, 0.5) is 5.69 Å². The van der Waals surface area contributed by atoms with Gasteiger partial charge < -0.3 is 5.73 Å². The lowest BCUT2D eigenvalue weighted by Crippen LogP contribution is -1.98. The smallest absolute Gasteiger partial charge is 0.0376 e. The maximum atomic E-state index is 5.93.